The van der Waals surface area contributed by atoms with Gasteiger partial charge in [-0.2, -0.15) is 0 Å². The Bertz CT molecular complexity index is 1430. The molecule has 1 aliphatic heterocycles. The number of hydrogen-bond donors (Lipinski definition) is 2. The maximum atomic E-state index is 13.8. The summed E-state index contributed by atoms with van der Waals surface area (Å²) < 4.78 is 19.5. The van der Waals surface area contributed by atoms with Gasteiger partial charge < -0.3 is 24.8 Å². The van der Waals surface area contributed by atoms with Gasteiger partial charge in [-0.1, -0.05) is 24.3 Å². The van der Waals surface area contributed by atoms with Crippen molar-refractivity contribution in [3.8, 4) is 0 Å². The Labute approximate surface area is 217 Å². The quantitative estimate of drug-likeness (QED) is 0.463. The Balaban J connectivity index is 1.41. The first kappa shape index (κ1) is 25.1. The lowest BCUT2D eigenvalue weighted by atomic mass is 9.93. The summed E-state index contributed by atoms with van der Waals surface area (Å²) in [6.45, 7) is 1.96. The number of hydrogen-bond acceptors (Lipinski definition) is 6. The van der Waals surface area contributed by atoms with Crippen molar-refractivity contribution in [2.75, 3.05) is 12.4 Å². The maximum absolute atomic E-state index is 13.8. The molecule has 1 atom stereocenters. The molecule has 0 bridgehead atoms. The number of imidazole rings is 1. The van der Waals surface area contributed by atoms with Crippen LogP contribution < -0.4 is 10.6 Å². The highest BCUT2D eigenvalue weighted by Gasteiger charge is 2.53. The topological polar surface area (TPSA) is 123 Å². The number of fused-ring (bicyclic) bond motifs is 1. The molecule has 10 nitrogen and oxygen atoms in total. The molecule has 196 valence electrons. The number of anilines is 1. The van der Waals surface area contributed by atoms with Crippen molar-refractivity contribution in [1.82, 2.24) is 19.8 Å². The Morgan fingerprint density at radius 1 is 1.13 bits per heavy atom. The lowest BCUT2D eigenvalue weighted by molar-refractivity contribution is -0.133. The number of halogens is 1. The van der Waals surface area contributed by atoms with Crippen molar-refractivity contribution in [2.45, 2.75) is 44.4 Å². The maximum Gasteiger partial charge on any atom is 0.339 e. The fourth-order valence-corrected chi connectivity index (χ4v) is 4.76. The molecular formula is C27H26FN5O5. The molecule has 1 aliphatic carbocycles. The van der Waals surface area contributed by atoms with Gasteiger partial charge in [-0.05, 0) is 49.6 Å². The minimum absolute atomic E-state index is 0.0776. The van der Waals surface area contributed by atoms with Gasteiger partial charge in [-0.25, -0.2) is 14.2 Å². The summed E-state index contributed by atoms with van der Waals surface area (Å²) in [6.07, 6.45) is 2.85. The van der Waals surface area contributed by atoms with E-state index in [1.165, 1.54) is 36.2 Å². The summed E-state index contributed by atoms with van der Waals surface area (Å²) in [5, 5.41) is 5.52. The number of methoxy groups -OCH3 is 1. The predicted molar refractivity (Wildman–Crippen MR) is 134 cm³/mol. The van der Waals surface area contributed by atoms with E-state index in [2.05, 4.69) is 15.6 Å². The van der Waals surface area contributed by atoms with Gasteiger partial charge in [-0.3, -0.25) is 14.4 Å². The molecule has 11 heteroatoms. The number of aromatic nitrogens is 2. The molecule has 1 fully saturated rings. The van der Waals surface area contributed by atoms with Crippen LogP contribution in [0.25, 0.3) is 0 Å². The number of amides is 3. The molecule has 2 N–H and O–H groups in total. The third-order valence-corrected chi connectivity index (χ3v) is 6.83. The molecule has 2 aliphatic rings. The molecule has 0 spiro atoms. The standard InChI is InChI=1S/C27H26FN5O5/c1-27(26(37)29-13-16-7-9-17(28)10-8-16)14-32-15-30-21(22(32)24(35)33(27)18-11-12-18)23(34)31-20-6-4-3-5-19(20)25(36)38-2/h3-10,15,18H,11-14H2,1-2H3,(H,29,37)(H,31,34)/t27-/m1/s1. The summed E-state index contributed by atoms with van der Waals surface area (Å²) in [7, 11) is 1.24. The van der Waals surface area contributed by atoms with Gasteiger partial charge >= 0.3 is 5.97 Å². The SMILES string of the molecule is COC(=O)c1ccccc1NC(=O)c1ncn2c1C(=O)N(C1CC1)[C@@](C)(C(=O)NCc1ccc(F)cc1)C2. The van der Waals surface area contributed by atoms with Crippen molar-refractivity contribution < 1.29 is 28.3 Å². The molecule has 0 saturated heterocycles. The first-order valence-electron chi connectivity index (χ1n) is 12.1. The van der Waals surface area contributed by atoms with Crippen LogP contribution in [-0.2, 0) is 22.6 Å². The van der Waals surface area contributed by atoms with E-state index in [4.69, 9.17) is 4.74 Å². The highest BCUT2D eigenvalue weighted by atomic mass is 19.1. The van der Waals surface area contributed by atoms with E-state index in [0.717, 1.165) is 18.4 Å². The van der Waals surface area contributed by atoms with Crippen molar-refractivity contribution in [3.05, 3.63) is 83.2 Å². The van der Waals surface area contributed by atoms with E-state index in [1.807, 2.05) is 0 Å². The largest absolute Gasteiger partial charge is 0.465 e. The van der Waals surface area contributed by atoms with Gasteiger partial charge in [0.05, 0.1) is 31.2 Å². The molecule has 1 saturated carbocycles. The molecule has 2 aromatic carbocycles. The lowest BCUT2D eigenvalue weighted by Gasteiger charge is -2.44. The van der Waals surface area contributed by atoms with E-state index in [1.54, 1.807) is 42.2 Å². The molecule has 0 radical (unpaired) electrons. The van der Waals surface area contributed by atoms with Crippen molar-refractivity contribution in [3.63, 3.8) is 0 Å². The number of carbonyl (C=O) groups is 4. The summed E-state index contributed by atoms with van der Waals surface area (Å²) >= 11 is 0. The van der Waals surface area contributed by atoms with Crippen LogP contribution in [0.2, 0.25) is 0 Å². The second-order valence-corrected chi connectivity index (χ2v) is 9.55. The van der Waals surface area contributed by atoms with E-state index in [-0.39, 0.29) is 53.5 Å². The first-order chi connectivity index (χ1) is 18.2. The second kappa shape index (κ2) is 9.73. The molecule has 3 aromatic rings. The molecule has 2 heterocycles. The molecule has 0 unspecified atom stereocenters. The van der Waals surface area contributed by atoms with Crippen molar-refractivity contribution in [1.29, 1.82) is 0 Å². The normalized spacial score (nSPS) is 18.5. The van der Waals surface area contributed by atoms with Gasteiger partial charge in [-0.15, -0.1) is 0 Å². The Morgan fingerprint density at radius 3 is 2.53 bits per heavy atom. The van der Waals surface area contributed by atoms with Crippen LogP contribution in [0.4, 0.5) is 10.1 Å². The van der Waals surface area contributed by atoms with E-state index in [9.17, 15) is 23.6 Å². The number of nitrogens with zero attached hydrogens (tertiary/aromatic N) is 3. The third kappa shape index (κ3) is 4.51. The summed E-state index contributed by atoms with van der Waals surface area (Å²) in [6, 6.07) is 12.0. The average molecular weight is 520 g/mol. The summed E-state index contributed by atoms with van der Waals surface area (Å²) in [4.78, 5) is 58.3. The van der Waals surface area contributed by atoms with E-state index >= 15 is 0 Å². The van der Waals surface area contributed by atoms with Crippen molar-refractivity contribution in [2.24, 2.45) is 0 Å². The van der Waals surface area contributed by atoms with Crippen LogP contribution >= 0.6 is 0 Å². The number of benzene rings is 2. The number of nitrogens with one attached hydrogen (secondary N) is 2. The Morgan fingerprint density at radius 2 is 1.84 bits per heavy atom. The number of para-hydroxylation sites is 1. The van der Waals surface area contributed by atoms with Gasteiger partial charge in [0.2, 0.25) is 5.91 Å². The van der Waals surface area contributed by atoms with Gasteiger partial charge in [0.1, 0.15) is 17.1 Å². The van der Waals surface area contributed by atoms with Crippen LogP contribution in [-0.4, -0.2) is 56.8 Å². The molecular weight excluding hydrogens is 493 g/mol. The van der Waals surface area contributed by atoms with E-state index < -0.39 is 23.3 Å². The smallest absolute Gasteiger partial charge is 0.339 e. The molecule has 3 amide bonds. The number of esters is 1. The van der Waals surface area contributed by atoms with E-state index in [0.29, 0.717) is 0 Å². The zero-order valence-corrected chi connectivity index (χ0v) is 20.9. The third-order valence-electron chi connectivity index (χ3n) is 6.83. The van der Waals surface area contributed by atoms with Crippen LogP contribution in [0.3, 0.4) is 0 Å². The number of rotatable bonds is 7. The monoisotopic (exact) mass is 519 g/mol. The fourth-order valence-electron chi connectivity index (χ4n) is 4.76. The number of ether oxygens (including phenoxy) is 1. The highest BCUT2D eigenvalue weighted by molar-refractivity contribution is 6.13. The molecule has 5 rings (SSSR count). The Hall–Kier alpha value is -4.54. The first-order valence-corrected chi connectivity index (χ1v) is 12.1. The van der Waals surface area contributed by atoms with Crippen molar-refractivity contribution >= 4 is 29.4 Å². The number of carbonyl (C=O) groups excluding carboxylic acids is 4. The zero-order valence-electron chi connectivity index (χ0n) is 20.9. The van der Waals surface area contributed by atoms with Crippen LogP contribution in [0, 0.1) is 5.82 Å². The Kier molecular flexibility index (Phi) is 6.43. The average Bonchev–Trinajstić information content (AvgIpc) is 3.65. The fraction of sp³-hybridized carbons (Fsp3) is 0.296. The minimum Gasteiger partial charge on any atom is -0.465 e. The molecule has 38 heavy (non-hydrogen) atoms. The second-order valence-electron chi connectivity index (χ2n) is 9.55. The van der Waals surface area contributed by atoms with Crippen LogP contribution in [0.15, 0.2) is 54.9 Å². The summed E-state index contributed by atoms with van der Waals surface area (Å²) in [5.41, 5.74) is -0.149. The van der Waals surface area contributed by atoms with Gasteiger partial charge in [0.25, 0.3) is 11.8 Å². The minimum atomic E-state index is -1.22. The highest BCUT2D eigenvalue weighted by Crippen LogP contribution is 2.39. The lowest BCUT2D eigenvalue weighted by Crippen LogP contribution is -2.64. The predicted octanol–water partition coefficient (Wildman–Crippen LogP) is 2.75. The molecule has 1 aromatic heterocycles. The van der Waals surface area contributed by atoms with Gasteiger partial charge in [0.15, 0.2) is 5.69 Å². The zero-order chi connectivity index (χ0) is 27.0. The van der Waals surface area contributed by atoms with Crippen LogP contribution in [0.1, 0.15) is 56.7 Å². The van der Waals surface area contributed by atoms with Gasteiger partial charge in [0, 0.05) is 12.6 Å². The summed E-state index contributed by atoms with van der Waals surface area (Å²) in [5.74, 6) is -2.48. The van der Waals surface area contributed by atoms with Crippen LogP contribution in [0.5, 0.6) is 0 Å².